The minimum absolute atomic E-state index is 0.105. The molecule has 3 rings (SSSR count). The fourth-order valence-corrected chi connectivity index (χ4v) is 4.18. The van der Waals surface area contributed by atoms with Gasteiger partial charge in [0, 0.05) is 50.6 Å². The van der Waals surface area contributed by atoms with Gasteiger partial charge >= 0.3 is 0 Å². The van der Waals surface area contributed by atoms with Gasteiger partial charge in [0.1, 0.15) is 10.8 Å². The van der Waals surface area contributed by atoms with E-state index in [0.29, 0.717) is 25.3 Å². The van der Waals surface area contributed by atoms with Crippen LogP contribution < -0.4 is 10.1 Å². The average Bonchev–Trinajstić information content (AvgIpc) is 3.39. The standard InChI is InChI=1S/C23H29N3O4S/c1-16-19(22(27)24-10-13-29-3)14-21(26(16)11-5-12-28-2)20-15-31-23(25-20)17-6-8-18(30-4)9-7-17/h6-9,14-15H,5,10-13H2,1-4H3,(H,24,27). The first-order valence-electron chi connectivity index (χ1n) is 10.2. The average molecular weight is 444 g/mol. The third kappa shape index (κ3) is 5.52. The summed E-state index contributed by atoms with van der Waals surface area (Å²) >= 11 is 1.58. The molecule has 0 saturated carbocycles. The number of hydrogen-bond donors (Lipinski definition) is 1. The Labute approximate surface area is 187 Å². The first-order valence-corrected chi connectivity index (χ1v) is 11.0. The number of methoxy groups -OCH3 is 3. The van der Waals surface area contributed by atoms with Crippen LogP contribution in [0.1, 0.15) is 22.5 Å². The van der Waals surface area contributed by atoms with E-state index in [1.807, 2.05) is 42.6 Å². The maximum atomic E-state index is 12.7. The van der Waals surface area contributed by atoms with Crippen molar-refractivity contribution in [1.82, 2.24) is 14.9 Å². The van der Waals surface area contributed by atoms with Crippen LogP contribution in [0.25, 0.3) is 22.0 Å². The van der Waals surface area contributed by atoms with E-state index in [4.69, 9.17) is 19.2 Å². The second kappa shape index (κ2) is 11.1. The lowest BCUT2D eigenvalue weighted by molar-refractivity contribution is 0.0936. The van der Waals surface area contributed by atoms with Crippen molar-refractivity contribution in [1.29, 1.82) is 0 Å². The van der Waals surface area contributed by atoms with Gasteiger partial charge in [0.05, 0.1) is 30.7 Å². The smallest absolute Gasteiger partial charge is 0.253 e. The summed E-state index contributed by atoms with van der Waals surface area (Å²) in [6, 6.07) is 9.78. The maximum absolute atomic E-state index is 12.7. The zero-order chi connectivity index (χ0) is 22.2. The normalized spacial score (nSPS) is 11.0. The molecular weight excluding hydrogens is 414 g/mol. The molecule has 31 heavy (non-hydrogen) atoms. The van der Waals surface area contributed by atoms with Crippen molar-refractivity contribution >= 4 is 17.2 Å². The second-order valence-electron chi connectivity index (χ2n) is 7.04. The van der Waals surface area contributed by atoms with Crippen molar-refractivity contribution in [3.05, 3.63) is 47.0 Å². The lowest BCUT2D eigenvalue weighted by Gasteiger charge is -2.11. The highest BCUT2D eigenvalue weighted by atomic mass is 32.1. The number of ether oxygens (including phenoxy) is 3. The van der Waals surface area contributed by atoms with E-state index in [2.05, 4.69) is 9.88 Å². The van der Waals surface area contributed by atoms with E-state index in [1.165, 1.54) is 0 Å². The van der Waals surface area contributed by atoms with Crippen molar-refractivity contribution in [3.63, 3.8) is 0 Å². The molecule has 0 saturated heterocycles. The van der Waals surface area contributed by atoms with Crippen molar-refractivity contribution in [2.24, 2.45) is 0 Å². The molecule has 0 aliphatic carbocycles. The fourth-order valence-electron chi connectivity index (χ4n) is 3.36. The third-order valence-corrected chi connectivity index (χ3v) is 5.93. The number of aromatic nitrogens is 2. The Hall–Kier alpha value is -2.68. The first kappa shape index (κ1) is 23.0. The molecule has 0 radical (unpaired) electrons. The van der Waals surface area contributed by atoms with Crippen molar-refractivity contribution in [2.75, 3.05) is 41.1 Å². The first-order chi connectivity index (χ1) is 15.1. The Balaban J connectivity index is 1.91. The molecule has 0 spiro atoms. The van der Waals surface area contributed by atoms with E-state index in [0.717, 1.165) is 46.4 Å². The summed E-state index contributed by atoms with van der Waals surface area (Å²) in [5.41, 5.74) is 4.39. The highest BCUT2D eigenvalue weighted by molar-refractivity contribution is 7.13. The van der Waals surface area contributed by atoms with Gasteiger partial charge in [-0.25, -0.2) is 4.98 Å². The van der Waals surface area contributed by atoms with Crippen LogP contribution >= 0.6 is 11.3 Å². The summed E-state index contributed by atoms with van der Waals surface area (Å²) in [6.07, 6.45) is 0.846. The van der Waals surface area contributed by atoms with Gasteiger partial charge in [-0.15, -0.1) is 11.3 Å². The van der Waals surface area contributed by atoms with E-state index >= 15 is 0 Å². The zero-order valence-electron chi connectivity index (χ0n) is 18.4. The summed E-state index contributed by atoms with van der Waals surface area (Å²) < 4.78 is 17.6. The number of nitrogens with one attached hydrogen (secondary N) is 1. The van der Waals surface area contributed by atoms with Gasteiger partial charge < -0.3 is 24.1 Å². The summed E-state index contributed by atoms with van der Waals surface area (Å²) in [4.78, 5) is 17.6. The van der Waals surface area contributed by atoms with Gasteiger partial charge in [-0.3, -0.25) is 4.79 Å². The molecule has 0 atom stereocenters. The van der Waals surface area contributed by atoms with Crippen LogP contribution in [0.4, 0.5) is 0 Å². The predicted molar refractivity (Wildman–Crippen MR) is 123 cm³/mol. The molecule has 1 N–H and O–H groups in total. The SMILES string of the molecule is COCCCn1c(-c2csc(-c3ccc(OC)cc3)n2)cc(C(=O)NCCOC)c1C. The predicted octanol–water partition coefficient (Wildman–Crippen LogP) is 4.01. The molecule has 2 heterocycles. The van der Waals surface area contributed by atoms with Gasteiger partial charge in [0.2, 0.25) is 0 Å². The van der Waals surface area contributed by atoms with Crippen molar-refractivity contribution < 1.29 is 19.0 Å². The summed E-state index contributed by atoms with van der Waals surface area (Å²) in [5.74, 6) is 0.708. The largest absolute Gasteiger partial charge is 0.497 e. The molecule has 0 aliphatic heterocycles. The fraction of sp³-hybridized carbons (Fsp3) is 0.391. The van der Waals surface area contributed by atoms with E-state index in [-0.39, 0.29) is 5.91 Å². The van der Waals surface area contributed by atoms with Gasteiger partial charge in [-0.2, -0.15) is 0 Å². The Kier molecular flexibility index (Phi) is 8.22. The van der Waals surface area contributed by atoms with Crippen molar-refractivity contribution in [2.45, 2.75) is 19.9 Å². The quantitative estimate of drug-likeness (QED) is 0.453. The van der Waals surface area contributed by atoms with Gasteiger partial charge in [0.25, 0.3) is 5.91 Å². The summed E-state index contributed by atoms with van der Waals surface area (Å²) in [5, 5.41) is 5.87. The van der Waals surface area contributed by atoms with E-state index < -0.39 is 0 Å². The molecule has 0 aliphatic rings. The Morgan fingerprint density at radius 1 is 1.13 bits per heavy atom. The Bertz CT molecular complexity index is 995. The summed E-state index contributed by atoms with van der Waals surface area (Å²) in [6.45, 7) is 4.31. The molecule has 7 nitrogen and oxygen atoms in total. The van der Waals surface area contributed by atoms with Crippen LogP contribution in [0.5, 0.6) is 5.75 Å². The number of benzene rings is 1. The lowest BCUT2D eigenvalue weighted by atomic mass is 10.2. The molecule has 2 aromatic heterocycles. The molecule has 166 valence electrons. The Morgan fingerprint density at radius 2 is 1.87 bits per heavy atom. The van der Waals surface area contributed by atoms with Crippen molar-refractivity contribution in [3.8, 4) is 27.7 Å². The molecule has 1 aromatic carbocycles. The topological polar surface area (TPSA) is 74.6 Å². The minimum atomic E-state index is -0.105. The number of carbonyl (C=O) groups excluding carboxylic acids is 1. The number of carbonyl (C=O) groups is 1. The molecule has 0 unspecified atom stereocenters. The number of amides is 1. The maximum Gasteiger partial charge on any atom is 0.253 e. The lowest BCUT2D eigenvalue weighted by Crippen LogP contribution is -2.27. The highest BCUT2D eigenvalue weighted by Crippen LogP contribution is 2.32. The van der Waals surface area contributed by atoms with Crippen LogP contribution in [-0.2, 0) is 16.0 Å². The molecule has 1 amide bonds. The number of thiazole rings is 1. The van der Waals surface area contributed by atoms with Crippen LogP contribution in [0.3, 0.4) is 0 Å². The molecule has 8 heteroatoms. The molecule has 3 aromatic rings. The van der Waals surface area contributed by atoms with Crippen LogP contribution in [0.2, 0.25) is 0 Å². The second-order valence-corrected chi connectivity index (χ2v) is 7.90. The van der Waals surface area contributed by atoms with Gasteiger partial charge in [-0.05, 0) is 43.7 Å². The van der Waals surface area contributed by atoms with E-state index in [9.17, 15) is 4.79 Å². The number of nitrogens with zero attached hydrogens (tertiary/aromatic N) is 2. The van der Waals surface area contributed by atoms with Crippen LogP contribution in [-0.4, -0.2) is 56.5 Å². The molecular formula is C23H29N3O4S. The molecule has 0 bridgehead atoms. The summed E-state index contributed by atoms with van der Waals surface area (Å²) in [7, 11) is 4.96. The van der Waals surface area contributed by atoms with Gasteiger partial charge in [-0.1, -0.05) is 0 Å². The van der Waals surface area contributed by atoms with Crippen LogP contribution in [0.15, 0.2) is 35.7 Å². The van der Waals surface area contributed by atoms with E-state index in [1.54, 1.807) is 32.7 Å². The number of rotatable bonds is 11. The van der Waals surface area contributed by atoms with Gasteiger partial charge in [0.15, 0.2) is 0 Å². The Morgan fingerprint density at radius 3 is 2.55 bits per heavy atom. The highest BCUT2D eigenvalue weighted by Gasteiger charge is 2.20. The van der Waals surface area contributed by atoms with Crippen LogP contribution in [0, 0.1) is 6.92 Å². The third-order valence-electron chi connectivity index (χ3n) is 5.04. The molecule has 0 fully saturated rings. The zero-order valence-corrected chi connectivity index (χ0v) is 19.3. The monoisotopic (exact) mass is 443 g/mol. The minimum Gasteiger partial charge on any atom is -0.497 e. The number of hydrogen-bond acceptors (Lipinski definition) is 6.